The molecule has 0 atom stereocenters. The molecule has 2 aromatic carbocycles. The van der Waals surface area contributed by atoms with E-state index in [1.54, 1.807) is 0 Å². The van der Waals surface area contributed by atoms with Gasteiger partial charge in [-0.3, -0.25) is 0 Å². The zero-order chi connectivity index (χ0) is 19.9. The van der Waals surface area contributed by atoms with Crippen LogP contribution in [0.2, 0.25) is 5.02 Å². The number of hydrogen-bond acceptors (Lipinski definition) is 5. The van der Waals surface area contributed by atoms with Gasteiger partial charge in [0.25, 0.3) is 0 Å². The van der Waals surface area contributed by atoms with Crippen molar-refractivity contribution in [2.45, 2.75) is 27.3 Å². The van der Waals surface area contributed by atoms with E-state index in [1.165, 1.54) is 5.69 Å². The zero-order valence-corrected chi connectivity index (χ0v) is 17.3. The summed E-state index contributed by atoms with van der Waals surface area (Å²) in [6, 6.07) is 18.0. The van der Waals surface area contributed by atoms with Crippen molar-refractivity contribution in [1.82, 2.24) is 9.97 Å². The minimum absolute atomic E-state index is 0.567. The number of halogens is 1. The van der Waals surface area contributed by atoms with Gasteiger partial charge in [-0.2, -0.15) is 4.98 Å². The summed E-state index contributed by atoms with van der Waals surface area (Å²) in [5.41, 5.74) is 4.09. The highest BCUT2D eigenvalue weighted by molar-refractivity contribution is 6.31. The highest BCUT2D eigenvalue weighted by Gasteiger charge is 2.06. The molecule has 3 aromatic rings. The fourth-order valence-corrected chi connectivity index (χ4v) is 3.22. The third-order valence-electron chi connectivity index (χ3n) is 4.52. The van der Waals surface area contributed by atoms with Crippen molar-refractivity contribution in [3.63, 3.8) is 0 Å². The van der Waals surface area contributed by atoms with E-state index in [2.05, 4.69) is 63.6 Å². The quantitative estimate of drug-likeness (QED) is 0.516. The Morgan fingerprint density at radius 1 is 0.964 bits per heavy atom. The van der Waals surface area contributed by atoms with Gasteiger partial charge in [-0.1, -0.05) is 29.8 Å². The van der Waals surface area contributed by atoms with Gasteiger partial charge in [0.05, 0.1) is 0 Å². The van der Waals surface area contributed by atoms with E-state index in [0.717, 1.165) is 40.9 Å². The Hall–Kier alpha value is -2.79. The number of rotatable bonds is 8. The Morgan fingerprint density at radius 2 is 1.68 bits per heavy atom. The third kappa shape index (κ3) is 5.14. The molecular weight excluding hydrogens is 370 g/mol. The van der Waals surface area contributed by atoms with Gasteiger partial charge in [0.1, 0.15) is 5.82 Å². The van der Waals surface area contributed by atoms with Crippen LogP contribution in [0.5, 0.6) is 0 Å². The van der Waals surface area contributed by atoms with Gasteiger partial charge >= 0.3 is 0 Å². The lowest BCUT2D eigenvalue weighted by Crippen LogP contribution is -2.21. The number of benzene rings is 2. The lowest BCUT2D eigenvalue weighted by atomic mass is 10.2. The van der Waals surface area contributed by atoms with Crippen LogP contribution in [0.4, 0.5) is 23.1 Å². The van der Waals surface area contributed by atoms with Crippen molar-refractivity contribution in [1.29, 1.82) is 0 Å². The molecule has 0 saturated carbocycles. The molecule has 0 amide bonds. The highest BCUT2D eigenvalue weighted by atomic mass is 35.5. The van der Waals surface area contributed by atoms with Crippen LogP contribution in [0.25, 0.3) is 0 Å². The Bertz CT molecular complexity index is 907. The van der Waals surface area contributed by atoms with E-state index in [9.17, 15) is 0 Å². The molecule has 0 fully saturated rings. The molecule has 5 nitrogen and oxygen atoms in total. The van der Waals surface area contributed by atoms with Crippen LogP contribution in [-0.2, 0) is 6.54 Å². The summed E-state index contributed by atoms with van der Waals surface area (Å²) in [5, 5.41) is 7.36. The molecule has 6 heteroatoms. The molecule has 1 aromatic heterocycles. The Kier molecular flexibility index (Phi) is 6.71. The molecule has 2 N–H and O–H groups in total. The van der Waals surface area contributed by atoms with Crippen molar-refractivity contribution in [2.75, 3.05) is 28.6 Å². The summed E-state index contributed by atoms with van der Waals surface area (Å²) in [5.74, 6) is 1.33. The molecule has 0 bridgehead atoms. The first-order chi connectivity index (χ1) is 13.6. The molecule has 3 rings (SSSR count). The van der Waals surface area contributed by atoms with Gasteiger partial charge < -0.3 is 15.5 Å². The normalized spacial score (nSPS) is 10.6. The van der Waals surface area contributed by atoms with Gasteiger partial charge in [0.2, 0.25) is 5.95 Å². The highest BCUT2D eigenvalue weighted by Crippen LogP contribution is 2.21. The van der Waals surface area contributed by atoms with E-state index in [-0.39, 0.29) is 0 Å². The average Bonchev–Trinajstić information content (AvgIpc) is 2.69. The number of aryl methyl sites for hydroxylation is 1. The minimum Gasteiger partial charge on any atom is -0.372 e. The number of nitrogens with zero attached hydrogens (tertiary/aromatic N) is 3. The minimum atomic E-state index is 0.567. The standard InChI is InChI=1S/C22H26ClN5/c1-4-28(5-2)19-12-10-18(11-13-19)26-22-25-16(3)14-21(27-22)24-15-17-8-6-7-9-20(17)23/h6-14H,4-5,15H2,1-3H3,(H2,24,25,26,27). The maximum absolute atomic E-state index is 6.23. The summed E-state index contributed by atoms with van der Waals surface area (Å²) in [7, 11) is 0. The fourth-order valence-electron chi connectivity index (χ4n) is 3.02. The first kappa shape index (κ1) is 20.0. The first-order valence-electron chi connectivity index (χ1n) is 9.54. The van der Waals surface area contributed by atoms with Crippen molar-refractivity contribution in [2.24, 2.45) is 0 Å². The lowest BCUT2D eigenvalue weighted by Gasteiger charge is -2.21. The second kappa shape index (κ2) is 9.42. The largest absolute Gasteiger partial charge is 0.372 e. The molecule has 146 valence electrons. The Balaban J connectivity index is 1.70. The maximum atomic E-state index is 6.23. The van der Waals surface area contributed by atoms with Crippen molar-refractivity contribution in [3.8, 4) is 0 Å². The average molecular weight is 396 g/mol. The third-order valence-corrected chi connectivity index (χ3v) is 4.89. The zero-order valence-electron chi connectivity index (χ0n) is 16.5. The van der Waals surface area contributed by atoms with Gasteiger partial charge in [-0.15, -0.1) is 0 Å². The maximum Gasteiger partial charge on any atom is 0.229 e. The molecule has 0 aliphatic carbocycles. The van der Waals surface area contributed by atoms with E-state index < -0.39 is 0 Å². The van der Waals surface area contributed by atoms with Gasteiger partial charge in [0.15, 0.2) is 0 Å². The van der Waals surface area contributed by atoms with Crippen LogP contribution in [0.1, 0.15) is 25.1 Å². The monoisotopic (exact) mass is 395 g/mol. The molecule has 0 unspecified atom stereocenters. The number of hydrogen-bond donors (Lipinski definition) is 2. The number of aromatic nitrogens is 2. The van der Waals surface area contributed by atoms with E-state index in [1.807, 2.05) is 37.3 Å². The van der Waals surface area contributed by atoms with Crippen LogP contribution in [0.15, 0.2) is 54.6 Å². The van der Waals surface area contributed by atoms with Crippen molar-refractivity contribution in [3.05, 3.63) is 70.9 Å². The molecule has 0 spiro atoms. The van der Waals surface area contributed by atoms with E-state index in [0.29, 0.717) is 12.5 Å². The van der Waals surface area contributed by atoms with Crippen LogP contribution in [0, 0.1) is 6.92 Å². The van der Waals surface area contributed by atoms with Gasteiger partial charge in [-0.05, 0) is 56.7 Å². The van der Waals surface area contributed by atoms with Crippen molar-refractivity contribution < 1.29 is 0 Å². The molecule has 0 radical (unpaired) electrons. The SMILES string of the molecule is CCN(CC)c1ccc(Nc2nc(C)cc(NCc3ccccc3Cl)n2)cc1. The molecular formula is C22H26ClN5. The molecule has 0 aliphatic heterocycles. The molecule has 0 aliphatic rings. The predicted molar refractivity (Wildman–Crippen MR) is 119 cm³/mol. The summed E-state index contributed by atoms with van der Waals surface area (Å²) >= 11 is 6.23. The lowest BCUT2D eigenvalue weighted by molar-refractivity contribution is 0.866. The summed E-state index contributed by atoms with van der Waals surface area (Å²) in [6.45, 7) is 8.86. The van der Waals surface area contributed by atoms with Crippen LogP contribution in [-0.4, -0.2) is 23.1 Å². The summed E-state index contributed by atoms with van der Waals surface area (Å²) < 4.78 is 0. The second-order valence-electron chi connectivity index (χ2n) is 6.51. The van der Waals surface area contributed by atoms with Gasteiger partial charge in [-0.25, -0.2) is 4.98 Å². The van der Waals surface area contributed by atoms with Gasteiger partial charge in [0, 0.05) is 47.8 Å². The predicted octanol–water partition coefficient (Wildman–Crippen LogP) is 5.64. The van der Waals surface area contributed by atoms with Crippen LogP contribution in [0.3, 0.4) is 0 Å². The number of nitrogens with one attached hydrogen (secondary N) is 2. The second-order valence-corrected chi connectivity index (χ2v) is 6.91. The van der Waals surface area contributed by atoms with E-state index in [4.69, 9.17) is 11.6 Å². The Morgan fingerprint density at radius 3 is 2.36 bits per heavy atom. The smallest absolute Gasteiger partial charge is 0.229 e. The number of anilines is 4. The van der Waals surface area contributed by atoms with Crippen LogP contribution < -0.4 is 15.5 Å². The first-order valence-corrected chi connectivity index (χ1v) is 9.91. The Labute approximate surface area is 171 Å². The molecule has 1 heterocycles. The van der Waals surface area contributed by atoms with E-state index >= 15 is 0 Å². The molecule has 0 saturated heterocycles. The fraction of sp³-hybridized carbons (Fsp3) is 0.273. The van der Waals surface area contributed by atoms with Crippen molar-refractivity contribution >= 4 is 34.7 Å². The van der Waals surface area contributed by atoms with Crippen LogP contribution >= 0.6 is 11.6 Å². The summed E-state index contributed by atoms with van der Waals surface area (Å²) in [6.07, 6.45) is 0. The molecule has 28 heavy (non-hydrogen) atoms. The summed E-state index contributed by atoms with van der Waals surface area (Å²) in [4.78, 5) is 11.4. The topological polar surface area (TPSA) is 53.1 Å².